The Morgan fingerprint density at radius 3 is 2.53 bits per heavy atom. The Morgan fingerprint density at radius 2 is 2.00 bits per heavy atom. The van der Waals surface area contributed by atoms with Crippen LogP contribution in [0.2, 0.25) is 0 Å². The first-order chi connectivity index (χ1) is 6.97. The fourth-order valence-corrected chi connectivity index (χ4v) is 2.50. The van der Waals surface area contributed by atoms with E-state index in [1.807, 2.05) is 32.5 Å². The number of carbonyl (C=O) groups excluding carboxylic acids is 1. The molecule has 0 aromatic carbocycles. The summed E-state index contributed by atoms with van der Waals surface area (Å²) in [6.07, 6.45) is 2.18. The smallest absolute Gasteiger partial charge is 0.246 e. The molecule has 1 aliphatic rings. The van der Waals surface area contributed by atoms with Gasteiger partial charge in [0.2, 0.25) is 5.91 Å². The van der Waals surface area contributed by atoms with Crippen LogP contribution in [-0.4, -0.2) is 35.7 Å². The van der Waals surface area contributed by atoms with Crippen LogP contribution in [0.3, 0.4) is 0 Å². The first kappa shape index (κ1) is 12.8. The Kier molecular flexibility index (Phi) is 4.93. The summed E-state index contributed by atoms with van der Waals surface area (Å²) in [7, 11) is 0. The molecule has 0 aliphatic carbocycles. The van der Waals surface area contributed by atoms with E-state index in [0.29, 0.717) is 6.04 Å². The van der Waals surface area contributed by atoms with Gasteiger partial charge in [-0.05, 0) is 45.1 Å². The molecule has 1 fully saturated rings. The molecule has 0 aromatic heterocycles. The number of carbonyl (C=O) groups is 1. The van der Waals surface area contributed by atoms with Gasteiger partial charge >= 0.3 is 0 Å². The maximum Gasteiger partial charge on any atom is 0.246 e. The molecular formula is C11H21NO2S. The van der Waals surface area contributed by atoms with Crippen LogP contribution in [0.5, 0.6) is 0 Å². The van der Waals surface area contributed by atoms with Gasteiger partial charge in [0.25, 0.3) is 0 Å². The Bertz CT molecular complexity index is 207. The minimum absolute atomic E-state index is 0.0156. The lowest BCUT2D eigenvalue weighted by molar-refractivity contribution is -0.131. The zero-order valence-electron chi connectivity index (χ0n) is 9.84. The predicted molar refractivity (Wildman–Crippen MR) is 64.2 cm³/mol. The molecule has 15 heavy (non-hydrogen) atoms. The van der Waals surface area contributed by atoms with Crippen LogP contribution in [0.1, 0.15) is 33.6 Å². The monoisotopic (exact) mass is 231 g/mol. The van der Waals surface area contributed by atoms with E-state index in [2.05, 4.69) is 5.32 Å². The molecular weight excluding hydrogens is 210 g/mol. The SMILES string of the molecule is CC(C)(C)OCC(=O)NC1CCSCC1. The molecule has 0 atom stereocenters. The van der Waals surface area contributed by atoms with Gasteiger partial charge in [-0.15, -0.1) is 0 Å². The predicted octanol–water partition coefficient (Wildman–Crippen LogP) is 1.81. The van der Waals surface area contributed by atoms with Crippen molar-refractivity contribution in [3.8, 4) is 0 Å². The van der Waals surface area contributed by atoms with Gasteiger partial charge in [0.15, 0.2) is 0 Å². The van der Waals surface area contributed by atoms with Gasteiger partial charge in [-0.1, -0.05) is 0 Å². The molecule has 88 valence electrons. The van der Waals surface area contributed by atoms with Crippen LogP contribution in [0.4, 0.5) is 0 Å². The third kappa shape index (κ3) is 6.05. The minimum Gasteiger partial charge on any atom is -0.366 e. The highest BCUT2D eigenvalue weighted by molar-refractivity contribution is 7.99. The molecule has 0 aromatic rings. The summed E-state index contributed by atoms with van der Waals surface area (Å²) < 4.78 is 5.42. The Morgan fingerprint density at radius 1 is 1.40 bits per heavy atom. The summed E-state index contributed by atoms with van der Waals surface area (Å²) in [4.78, 5) is 11.5. The van der Waals surface area contributed by atoms with Gasteiger partial charge in [-0.2, -0.15) is 11.8 Å². The molecule has 0 bridgehead atoms. The summed E-state index contributed by atoms with van der Waals surface area (Å²) in [6, 6.07) is 0.363. The fourth-order valence-electron chi connectivity index (χ4n) is 1.39. The maximum absolute atomic E-state index is 11.5. The summed E-state index contributed by atoms with van der Waals surface area (Å²) >= 11 is 1.96. The molecule has 1 saturated heterocycles. The van der Waals surface area contributed by atoms with Crippen molar-refractivity contribution in [1.82, 2.24) is 5.32 Å². The van der Waals surface area contributed by atoms with E-state index in [0.717, 1.165) is 24.3 Å². The second-order valence-electron chi connectivity index (χ2n) is 4.86. The van der Waals surface area contributed by atoms with Crippen molar-refractivity contribution in [2.24, 2.45) is 0 Å². The lowest BCUT2D eigenvalue weighted by Crippen LogP contribution is -2.40. The molecule has 0 radical (unpaired) electrons. The number of hydrogen-bond acceptors (Lipinski definition) is 3. The van der Waals surface area contributed by atoms with Gasteiger partial charge < -0.3 is 10.1 Å². The van der Waals surface area contributed by atoms with Crippen LogP contribution in [0, 0.1) is 0 Å². The zero-order chi connectivity index (χ0) is 11.3. The number of thioether (sulfide) groups is 1. The molecule has 0 saturated carbocycles. The van der Waals surface area contributed by atoms with Crippen molar-refractivity contribution in [2.45, 2.75) is 45.3 Å². The standard InChI is InChI=1S/C11H21NO2S/c1-11(2,3)14-8-10(13)12-9-4-6-15-7-5-9/h9H,4-8H2,1-3H3,(H,12,13). The van der Waals surface area contributed by atoms with Crippen LogP contribution >= 0.6 is 11.8 Å². The first-order valence-corrected chi connectivity index (χ1v) is 6.64. The van der Waals surface area contributed by atoms with Crippen molar-refractivity contribution < 1.29 is 9.53 Å². The summed E-state index contributed by atoms with van der Waals surface area (Å²) in [5.41, 5.74) is -0.236. The van der Waals surface area contributed by atoms with Crippen molar-refractivity contribution in [2.75, 3.05) is 18.1 Å². The fraction of sp³-hybridized carbons (Fsp3) is 0.909. The second-order valence-corrected chi connectivity index (χ2v) is 6.08. The normalized spacial score (nSPS) is 18.9. The number of hydrogen-bond donors (Lipinski definition) is 1. The number of ether oxygens (including phenoxy) is 1. The van der Waals surface area contributed by atoms with Crippen molar-refractivity contribution >= 4 is 17.7 Å². The molecule has 1 rings (SSSR count). The molecule has 1 amide bonds. The second kappa shape index (κ2) is 5.75. The van der Waals surface area contributed by atoms with E-state index >= 15 is 0 Å². The highest BCUT2D eigenvalue weighted by atomic mass is 32.2. The van der Waals surface area contributed by atoms with E-state index in [1.54, 1.807) is 0 Å². The van der Waals surface area contributed by atoms with Gasteiger partial charge in [0.1, 0.15) is 6.61 Å². The highest BCUT2D eigenvalue weighted by Crippen LogP contribution is 2.16. The summed E-state index contributed by atoms with van der Waals surface area (Å²) in [5, 5.41) is 3.01. The van der Waals surface area contributed by atoms with Crippen molar-refractivity contribution in [3.05, 3.63) is 0 Å². The molecule has 1 N–H and O–H groups in total. The Hall–Kier alpha value is -0.220. The maximum atomic E-state index is 11.5. The molecule has 1 heterocycles. The van der Waals surface area contributed by atoms with Crippen LogP contribution in [-0.2, 0) is 9.53 Å². The summed E-state index contributed by atoms with van der Waals surface area (Å²) in [6.45, 7) is 6.04. The molecule has 0 unspecified atom stereocenters. The average Bonchev–Trinajstić information content (AvgIpc) is 2.15. The van der Waals surface area contributed by atoms with Crippen LogP contribution < -0.4 is 5.32 Å². The van der Waals surface area contributed by atoms with E-state index in [9.17, 15) is 4.79 Å². The van der Waals surface area contributed by atoms with Gasteiger partial charge in [0, 0.05) is 6.04 Å². The third-order valence-corrected chi connectivity index (χ3v) is 3.27. The molecule has 0 spiro atoms. The van der Waals surface area contributed by atoms with Crippen molar-refractivity contribution in [3.63, 3.8) is 0 Å². The largest absolute Gasteiger partial charge is 0.366 e. The number of nitrogens with one attached hydrogen (secondary N) is 1. The lowest BCUT2D eigenvalue weighted by Gasteiger charge is -2.24. The highest BCUT2D eigenvalue weighted by Gasteiger charge is 2.17. The quantitative estimate of drug-likeness (QED) is 0.805. The third-order valence-electron chi connectivity index (χ3n) is 2.22. The number of amides is 1. The van der Waals surface area contributed by atoms with E-state index in [1.165, 1.54) is 0 Å². The average molecular weight is 231 g/mol. The van der Waals surface area contributed by atoms with Gasteiger partial charge in [-0.3, -0.25) is 4.79 Å². The lowest BCUT2D eigenvalue weighted by atomic mass is 10.1. The van der Waals surface area contributed by atoms with Crippen LogP contribution in [0.15, 0.2) is 0 Å². The first-order valence-electron chi connectivity index (χ1n) is 5.48. The number of rotatable bonds is 3. The van der Waals surface area contributed by atoms with Crippen LogP contribution in [0.25, 0.3) is 0 Å². The Labute approximate surface area is 96.3 Å². The van der Waals surface area contributed by atoms with E-state index in [4.69, 9.17) is 4.74 Å². The van der Waals surface area contributed by atoms with Gasteiger partial charge in [-0.25, -0.2) is 0 Å². The van der Waals surface area contributed by atoms with Gasteiger partial charge in [0.05, 0.1) is 5.60 Å². The van der Waals surface area contributed by atoms with Crippen molar-refractivity contribution in [1.29, 1.82) is 0 Å². The molecule has 4 heteroatoms. The molecule has 1 aliphatic heterocycles. The zero-order valence-corrected chi connectivity index (χ0v) is 10.7. The summed E-state index contributed by atoms with van der Waals surface area (Å²) in [5.74, 6) is 2.33. The molecule has 3 nitrogen and oxygen atoms in total. The minimum atomic E-state index is -0.236. The Balaban J connectivity index is 2.17. The van der Waals surface area contributed by atoms with E-state index in [-0.39, 0.29) is 18.1 Å². The topological polar surface area (TPSA) is 38.3 Å². The van der Waals surface area contributed by atoms with E-state index < -0.39 is 0 Å².